The van der Waals surface area contributed by atoms with Crippen molar-refractivity contribution in [3.05, 3.63) is 0 Å². The predicted molar refractivity (Wildman–Crippen MR) is 60.5 cm³/mol. The van der Waals surface area contributed by atoms with Gasteiger partial charge in [-0.1, -0.05) is 19.8 Å². The summed E-state index contributed by atoms with van der Waals surface area (Å²) in [6, 6.07) is 0. The van der Waals surface area contributed by atoms with Crippen molar-refractivity contribution in [1.29, 1.82) is 0 Å². The smallest absolute Gasteiger partial charge is 0.219 e. The zero-order valence-corrected chi connectivity index (χ0v) is 9.77. The van der Waals surface area contributed by atoms with Crippen molar-refractivity contribution in [3.63, 3.8) is 0 Å². The zero-order valence-electron chi connectivity index (χ0n) is 9.77. The van der Waals surface area contributed by atoms with E-state index in [1.54, 1.807) is 0 Å². The standard InChI is InChI=1S/C11H22N2O2/c1-3-11(15)13-9-7-5-4-6-8-12-10(2)14/h3-9H2,1-2H3,(H,12,14)(H,13,15). The van der Waals surface area contributed by atoms with Gasteiger partial charge in [0.2, 0.25) is 11.8 Å². The Morgan fingerprint density at radius 1 is 0.933 bits per heavy atom. The molecule has 0 unspecified atom stereocenters. The van der Waals surface area contributed by atoms with Crippen LogP contribution in [-0.2, 0) is 9.59 Å². The second kappa shape index (κ2) is 9.49. The summed E-state index contributed by atoms with van der Waals surface area (Å²) in [6.07, 6.45) is 4.79. The van der Waals surface area contributed by atoms with E-state index in [9.17, 15) is 9.59 Å². The van der Waals surface area contributed by atoms with E-state index in [0.29, 0.717) is 6.42 Å². The number of hydrogen-bond donors (Lipinski definition) is 2. The van der Waals surface area contributed by atoms with Crippen LogP contribution in [0.3, 0.4) is 0 Å². The average molecular weight is 214 g/mol. The lowest BCUT2D eigenvalue weighted by molar-refractivity contribution is -0.121. The number of amides is 2. The van der Waals surface area contributed by atoms with E-state index in [0.717, 1.165) is 38.8 Å². The molecule has 2 amide bonds. The van der Waals surface area contributed by atoms with Gasteiger partial charge >= 0.3 is 0 Å². The predicted octanol–water partition coefficient (Wildman–Crippen LogP) is 1.21. The van der Waals surface area contributed by atoms with Crippen LogP contribution in [0.15, 0.2) is 0 Å². The van der Waals surface area contributed by atoms with Crippen LogP contribution in [0.25, 0.3) is 0 Å². The van der Waals surface area contributed by atoms with Crippen molar-refractivity contribution < 1.29 is 9.59 Å². The first-order valence-electron chi connectivity index (χ1n) is 5.68. The molecular formula is C11H22N2O2. The minimum absolute atomic E-state index is 0.0326. The Hall–Kier alpha value is -1.06. The fourth-order valence-electron chi connectivity index (χ4n) is 1.22. The van der Waals surface area contributed by atoms with Crippen molar-refractivity contribution in [2.75, 3.05) is 13.1 Å². The topological polar surface area (TPSA) is 58.2 Å². The summed E-state index contributed by atoms with van der Waals surface area (Å²) in [5.41, 5.74) is 0. The van der Waals surface area contributed by atoms with E-state index in [2.05, 4.69) is 10.6 Å². The number of carbonyl (C=O) groups is 2. The number of carbonyl (C=O) groups excluding carboxylic acids is 2. The first-order valence-corrected chi connectivity index (χ1v) is 5.68. The van der Waals surface area contributed by atoms with Crippen LogP contribution in [0.2, 0.25) is 0 Å². The molecule has 0 bridgehead atoms. The van der Waals surface area contributed by atoms with Crippen molar-refractivity contribution in [2.24, 2.45) is 0 Å². The second-order valence-electron chi connectivity index (χ2n) is 3.60. The van der Waals surface area contributed by atoms with E-state index in [4.69, 9.17) is 0 Å². The highest BCUT2D eigenvalue weighted by molar-refractivity contribution is 5.75. The van der Waals surface area contributed by atoms with Crippen LogP contribution in [0.5, 0.6) is 0 Å². The SMILES string of the molecule is CCC(=O)NCCCCCCNC(C)=O. The molecular weight excluding hydrogens is 192 g/mol. The van der Waals surface area contributed by atoms with Crippen LogP contribution in [-0.4, -0.2) is 24.9 Å². The fourth-order valence-corrected chi connectivity index (χ4v) is 1.22. The number of rotatable bonds is 8. The number of nitrogens with one attached hydrogen (secondary N) is 2. The molecule has 0 fully saturated rings. The van der Waals surface area contributed by atoms with Crippen LogP contribution in [0, 0.1) is 0 Å². The van der Waals surface area contributed by atoms with Crippen LogP contribution in [0.1, 0.15) is 46.0 Å². The molecule has 0 rings (SSSR count). The van der Waals surface area contributed by atoms with Gasteiger partial charge in [-0.15, -0.1) is 0 Å². The Bertz CT molecular complexity index is 193. The Kier molecular flexibility index (Phi) is 8.82. The monoisotopic (exact) mass is 214 g/mol. The van der Waals surface area contributed by atoms with E-state index < -0.39 is 0 Å². The molecule has 0 radical (unpaired) electrons. The fraction of sp³-hybridized carbons (Fsp3) is 0.818. The Morgan fingerprint density at radius 2 is 1.47 bits per heavy atom. The van der Waals surface area contributed by atoms with Gasteiger partial charge in [-0.05, 0) is 12.8 Å². The second-order valence-corrected chi connectivity index (χ2v) is 3.60. The molecule has 4 nitrogen and oxygen atoms in total. The molecule has 0 saturated carbocycles. The summed E-state index contributed by atoms with van der Waals surface area (Å²) in [5.74, 6) is 0.151. The van der Waals surface area contributed by atoms with Gasteiger partial charge in [-0.3, -0.25) is 9.59 Å². The quantitative estimate of drug-likeness (QED) is 0.597. The highest BCUT2D eigenvalue weighted by atomic mass is 16.2. The Morgan fingerprint density at radius 3 is 1.93 bits per heavy atom. The lowest BCUT2D eigenvalue weighted by atomic mass is 10.2. The van der Waals surface area contributed by atoms with E-state index in [1.807, 2.05) is 6.92 Å². The van der Waals surface area contributed by atoms with Crippen molar-refractivity contribution in [2.45, 2.75) is 46.0 Å². The lowest BCUT2D eigenvalue weighted by Crippen LogP contribution is -2.23. The first kappa shape index (κ1) is 13.9. The normalized spacial score (nSPS) is 9.73. The molecule has 0 aromatic rings. The van der Waals surface area contributed by atoms with Crippen molar-refractivity contribution in [3.8, 4) is 0 Å². The first-order chi connectivity index (χ1) is 7.16. The lowest BCUT2D eigenvalue weighted by Gasteiger charge is -2.04. The minimum atomic E-state index is 0.0326. The molecule has 0 saturated heterocycles. The third-order valence-electron chi connectivity index (χ3n) is 2.12. The van der Waals surface area contributed by atoms with Gasteiger partial charge in [0, 0.05) is 26.4 Å². The van der Waals surface area contributed by atoms with E-state index >= 15 is 0 Å². The highest BCUT2D eigenvalue weighted by Gasteiger charge is 1.95. The summed E-state index contributed by atoms with van der Waals surface area (Å²) in [4.78, 5) is 21.4. The molecule has 0 aromatic heterocycles. The Labute approximate surface area is 91.8 Å². The van der Waals surface area contributed by atoms with Crippen LogP contribution in [0.4, 0.5) is 0 Å². The minimum Gasteiger partial charge on any atom is -0.356 e. The van der Waals surface area contributed by atoms with Gasteiger partial charge in [0.05, 0.1) is 0 Å². The van der Waals surface area contributed by atoms with Crippen molar-refractivity contribution >= 4 is 11.8 Å². The van der Waals surface area contributed by atoms with Gasteiger partial charge in [0.15, 0.2) is 0 Å². The maximum absolute atomic E-state index is 10.9. The molecule has 0 aliphatic rings. The van der Waals surface area contributed by atoms with E-state index in [1.165, 1.54) is 6.92 Å². The Balaban J connectivity index is 3.05. The molecule has 0 atom stereocenters. The summed E-state index contributed by atoms with van der Waals surface area (Å²) in [5, 5.41) is 5.59. The molecule has 88 valence electrons. The van der Waals surface area contributed by atoms with Gasteiger partial charge in [-0.25, -0.2) is 0 Å². The van der Waals surface area contributed by atoms with Crippen LogP contribution < -0.4 is 10.6 Å². The van der Waals surface area contributed by atoms with Crippen molar-refractivity contribution in [1.82, 2.24) is 10.6 Å². The number of hydrogen-bond acceptors (Lipinski definition) is 2. The summed E-state index contributed by atoms with van der Waals surface area (Å²) < 4.78 is 0. The molecule has 15 heavy (non-hydrogen) atoms. The summed E-state index contributed by atoms with van der Waals surface area (Å²) in [6.45, 7) is 4.91. The molecule has 0 heterocycles. The molecule has 0 aliphatic heterocycles. The molecule has 0 spiro atoms. The summed E-state index contributed by atoms with van der Waals surface area (Å²) >= 11 is 0. The maximum atomic E-state index is 10.9. The summed E-state index contributed by atoms with van der Waals surface area (Å²) in [7, 11) is 0. The molecule has 0 aromatic carbocycles. The van der Waals surface area contributed by atoms with Gasteiger partial charge < -0.3 is 10.6 Å². The average Bonchev–Trinajstić information content (AvgIpc) is 2.21. The molecule has 4 heteroatoms. The third-order valence-corrected chi connectivity index (χ3v) is 2.12. The van der Waals surface area contributed by atoms with Gasteiger partial charge in [-0.2, -0.15) is 0 Å². The highest BCUT2D eigenvalue weighted by Crippen LogP contribution is 1.97. The maximum Gasteiger partial charge on any atom is 0.219 e. The van der Waals surface area contributed by atoms with Crippen LogP contribution >= 0.6 is 0 Å². The molecule has 2 N–H and O–H groups in total. The zero-order chi connectivity index (χ0) is 11.5. The van der Waals surface area contributed by atoms with Gasteiger partial charge in [0.25, 0.3) is 0 Å². The number of unbranched alkanes of at least 4 members (excludes halogenated alkanes) is 3. The van der Waals surface area contributed by atoms with E-state index in [-0.39, 0.29) is 11.8 Å². The largest absolute Gasteiger partial charge is 0.356 e. The molecule has 0 aliphatic carbocycles. The third kappa shape index (κ3) is 10.9. The van der Waals surface area contributed by atoms with Gasteiger partial charge in [0.1, 0.15) is 0 Å².